The Labute approximate surface area is 164 Å². The number of nitrogens with one attached hydrogen (secondary N) is 1. The van der Waals surface area contributed by atoms with Crippen molar-refractivity contribution in [2.45, 2.75) is 13.5 Å². The summed E-state index contributed by atoms with van der Waals surface area (Å²) in [5, 5.41) is 3.46. The number of hydrogen-bond acceptors (Lipinski definition) is 5. The van der Waals surface area contributed by atoms with Crippen LogP contribution in [0, 0.1) is 0 Å². The highest BCUT2D eigenvalue weighted by molar-refractivity contribution is 7.14. The van der Waals surface area contributed by atoms with Crippen LogP contribution in [0.25, 0.3) is 6.08 Å². The van der Waals surface area contributed by atoms with Crippen molar-refractivity contribution in [2.75, 3.05) is 6.61 Å². The van der Waals surface area contributed by atoms with E-state index in [4.69, 9.17) is 27.9 Å². The summed E-state index contributed by atoms with van der Waals surface area (Å²) in [6, 6.07) is 8.38. The average Bonchev–Trinajstić information content (AvgIpc) is 3.06. The summed E-state index contributed by atoms with van der Waals surface area (Å²) >= 11 is 13.2. The third-order valence-electron chi connectivity index (χ3n) is 3.18. The molecule has 1 amide bonds. The number of halogens is 2. The molecule has 1 aromatic heterocycles. The lowest BCUT2D eigenvalue weighted by molar-refractivity contribution is -0.136. The summed E-state index contributed by atoms with van der Waals surface area (Å²) in [6.07, 6.45) is 2.60. The van der Waals surface area contributed by atoms with Gasteiger partial charge in [-0.05, 0) is 30.3 Å². The molecule has 2 rings (SSSR count). The third kappa shape index (κ3) is 5.98. The van der Waals surface area contributed by atoms with Crippen molar-refractivity contribution in [3.8, 4) is 0 Å². The Morgan fingerprint density at radius 1 is 1.15 bits per heavy atom. The first kappa shape index (κ1) is 20.2. The first-order valence-corrected chi connectivity index (χ1v) is 9.09. The highest BCUT2D eigenvalue weighted by Crippen LogP contribution is 2.25. The maximum absolute atomic E-state index is 12.1. The molecule has 0 saturated carbocycles. The van der Waals surface area contributed by atoms with E-state index >= 15 is 0 Å². The monoisotopic (exact) mass is 411 g/mol. The Morgan fingerprint density at radius 2 is 1.85 bits per heavy atom. The molecule has 1 N–H and O–H groups in total. The number of benzene rings is 1. The maximum atomic E-state index is 12.1. The van der Waals surface area contributed by atoms with Crippen molar-refractivity contribution in [3.05, 3.63) is 61.8 Å². The number of rotatable bonds is 7. The number of esters is 1. The molecule has 1 aromatic carbocycles. The van der Waals surface area contributed by atoms with Crippen LogP contribution in [0.5, 0.6) is 0 Å². The molecule has 5 nitrogen and oxygen atoms in total. The van der Waals surface area contributed by atoms with Gasteiger partial charge in [-0.15, -0.1) is 11.3 Å². The van der Waals surface area contributed by atoms with Crippen LogP contribution in [0.15, 0.2) is 36.4 Å². The van der Waals surface area contributed by atoms with E-state index in [1.165, 1.54) is 24.3 Å². The normalized spacial score (nSPS) is 10.7. The summed E-state index contributed by atoms with van der Waals surface area (Å²) in [6.45, 7) is 1.40. The second-order valence-corrected chi connectivity index (χ2v) is 7.16. The molecule has 0 aliphatic carbocycles. The van der Waals surface area contributed by atoms with Crippen LogP contribution in [0.3, 0.4) is 0 Å². The molecule has 1 heterocycles. The Balaban J connectivity index is 1.88. The Hall–Kier alpha value is -2.15. The van der Waals surface area contributed by atoms with E-state index in [0.29, 0.717) is 27.0 Å². The van der Waals surface area contributed by atoms with Gasteiger partial charge in [-0.1, -0.05) is 29.3 Å². The molecule has 0 aliphatic rings. The van der Waals surface area contributed by atoms with E-state index in [1.54, 1.807) is 30.3 Å². The molecule has 0 bridgehead atoms. The van der Waals surface area contributed by atoms with Gasteiger partial charge in [0.05, 0.1) is 11.4 Å². The molecule has 0 radical (unpaired) electrons. The fourth-order valence-corrected chi connectivity index (χ4v) is 3.31. The lowest BCUT2D eigenvalue weighted by atomic mass is 10.2. The van der Waals surface area contributed by atoms with Gasteiger partial charge < -0.3 is 10.1 Å². The number of amides is 1. The molecule has 0 atom stereocenters. The van der Waals surface area contributed by atoms with E-state index in [1.807, 2.05) is 0 Å². The fourth-order valence-electron chi connectivity index (χ4n) is 1.91. The van der Waals surface area contributed by atoms with Gasteiger partial charge in [-0.3, -0.25) is 9.59 Å². The van der Waals surface area contributed by atoms with Crippen LogP contribution in [-0.4, -0.2) is 24.3 Å². The fraction of sp³-hybridized carbons (Fsp3) is 0.167. The summed E-state index contributed by atoms with van der Waals surface area (Å²) < 4.78 is 4.94. The van der Waals surface area contributed by atoms with Crippen molar-refractivity contribution in [3.63, 3.8) is 0 Å². The van der Waals surface area contributed by atoms with Crippen LogP contribution in [0.1, 0.15) is 27.0 Å². The Morgan fingerprint density at radius 3 is 2.50 bits per heavy atom. The largest absolute Gasteiger partial charge is 0.454 e. The minimum absolute atomic E-state index is 0.148. The summed E-state index contributed by atoms with van der Waals surface area (Å²) in [5.74, 6) is -1.14. The van der Waals surface area contributed by atoms with Gasteiger partial charge in [0.1, 0.15) is 0 Å². The topological polar surface area (TPSA) is 72.5 Å². The van der Waals surface area contributed by atoms with Gasteiger partial charge in [0, 0.05) is 33.5 Å². The number of ketones is 1. The number of Topliss-reactive ketones (excluding diaryl/α,β-unsaturated/α-hetero) is 1. The van der Waals surface area contributed by atoms with E-state index in [9.17, 15) is 14.4 Å². The predicted octanol–water partition coefficient (Wildman–Crippen LogP) is 4.13. The van der Waals surface area contributed by atoms with Gasteiger partial charge in [0.15, 0.2) is 6.61 Å². The molecule has 0 unspecified atom stereocenters. The SMILES string of the molecule is CC(=O)NCc1ccc(C(=O)COC(=O)/C=C/c2c(Cl)cccc2Cl)s1. The first-order valence-electron chi connectivity index (χ1n) is 7.52. The van der Waals surface area contributed by atoms with Crippen molar-refractivity contribution in [1.29, 1.82) is 0 Å². The predicted molar refractivity (Wildman–Crippen MR) is 103 cm³/mol. The molecule has 0 fully saturated rings. The standard InChI is InChI=1S/C18H15Cl2NO4S/c1-11(22)21-9-12-5-7-17(26-12)16(23)10-25-18(24)8-6-13-14(19)3-2-4-15(13)20/h2-8H,9-10H2,1H3,(H,21,22)/b8-6+. The van der Waals surface area contributed by atoms with Crippen LogP contribution >= 0.6 is 34.5 Å². The second-order valence-electron chi connectivity index (χ2n) is 5.18. The highest BCUT2D eigenvalue weighted by atomic mass is 35.5. The van der Waals surface area contributed by atoms with Crippen molar-refractivity contribution in [2.24, 2.45) is 0 Å². The third-order valence-corrected chi connectivity index (χ3v) is 4.96. The van der Waals surface area contributed by atoms with Gasteiger partial charge in [0.2, 0.25) is 11.7 Å². The van der Waals surface area contributed by atoms with E-state index in [-0.39, 0.29) is 18.3 Å². The zero-order chi connectivity index (χ0) is 19.1. The molecule has 2 aromatic rings. The van der Waals surface area contributed by atoms with Crippen molar-refractivity contribution >= 4 is 58.3 Å². The minimum Gasteiger partial charge on any atom is -0.454 e. The average molecular weight is 412 g/mol. The molecule has 0 saturated heterocycles. The zero-order valence-corrected chi connectivity index (χ0v) is 16.1. The molecule has 0 spiro atoms. The second kappa shape index (κ2) is 9.52. The summed E-state index contributed by atoms with van der Waals surface area (Å²) in [7, 11) is 0. The summed E-state index contributed by atoms with van der Waals surface area (Å²) in [5.41, 5.74) is 0.500. The van der Waals surface area contributed by atoms with Gasteiger partial charge in [0.25, 0.3) is 0 Å². The van der Waals surface area contributed by atoms with Crippen LogP contribution < -0.4 is 5.32 Å². The van der Waals surface area contributed by atoms with Crippen LogP contribution in [0.2, 0.25) is 10.0 Å². The number of carbonyl (C=O) groups excluding carboxylic acids is 3. The van der Waals surface area contributed by atoms with Gasteiger partial charge in [-0.25, -0.2) is 4.79 Å². The van der Waals surface area contributed by atoms with Gasteiger partial charge in [-0.2, -0.15) is 0 Å². The molecule has 136 valence electrons. The number of ether oxygens (including phenoxy) is 1. The van der Waals surface area contributed by atoms with E-state index in [2.05, 4.69) is 5.32 Å². The van der Waals surface area contributed by atoms with Crippen molar-refractivity contribution < 1.29 is 19.1 Å². The highest BCUT2D eigenvalue weighted by Gasteiger charge is 2.12. The Bertz CT molecular complexity index is 840. The minimum atomic E-state index is -0.677. The molecule has 8 heteroatoms. The van der Waals surface area contributed by atoms with Gasteiger partial charge >= 0.3 is 5.97 Å². The lowest BCUT2D eigenvalue weighted by Gasteiger charge is -2.02. The number of thiophene rings is 1. The molecule has 0 aliphatic heterocycles. The first-order chi connectivity index (χ1) is 12.4. The van der Waals surface area contributed by atoms with E-state index < -0.39 is 5.97 Å². The quantitative estimate of drug-likeness (QED) is 0.422. The van der Waals surface area contributed by atoms with Crippen LogP contribution in [0.4, 0.5) is 0 Å². The number of hydrogen-bond donors (Lipinski definition) is 1. The Kier molecular flexibility index (Phi) is 7.38. The molecular formula is C18H15Cl2NO4S. The maximum Gasteiger partial charge on any atom is 0.331 e. The van der Waals surface area contributed by atoms with Crippen LogP contribution in [-0.2, 0) is 20.9 Å². The number of carbonyl (C=O) groups is 3. The lowest BCUT2D eigenvalue weighted by Crippen LogP contribution is -2.18. The molecule has 26 heavy (non-hydrogen) atoms. The van der Waals surface area contributed by atoms with E-state index in [0.717, 1.165) is 11.0 Å². The van der Waals surface area contributed by atoms with Crippen molar-refractivity contribution in [1.82, 2.24) is 5.32 Å². The smallest absolute Gasteiger partial charge is 0.331 e. The zero-order valence-electron chi connectivity index (χ0n) is 13.8. The summed E-state index contributed by atoms with van der Waals surface area (Å²) in [4.78, 5) is 36.0. The molecular weight excluding hydrogens is 397 g/mol.